The van der Waals surface area contributed by atoms with E-state index in [1.165, 1.54) is 6.92 Å². The van der Waals surface area contributed by atoms with E-state index in [4.69, 9.17) is 5.73 Å². The minimum Gasteiger partial charge on any atom is -0.393 e. The van der Waals surface area contributed by atoms with E-state index in [0.29, 0.717) is 11.3 Å². The predicted molar refractivity (Wildman–Crippen MR) is 74.9 cm³/mol. The summed E-state index contributed by atoms with van der Waals surface area (Å²) in [6, 6.07) is 4.20. The highest BCUT2D eigenvalue weighted by Crippen LogP contribution is 2.30. The van der Waals surface area contributed by atoms with Crippen molar-refractivity contribution in [1.82, 2.24) is 0 Å². The number of hydrogen-bond acceptors (Lipinski definition) is 7. The molecule has 1 fully saturated rings. The van der Waals surface area contributed by atoms with Crippen molar-refractivity contribution >= 4 is 17.3 Å². The van der Waals surface area contributed by atoms with Gasteiger partial charge in [0, 0.05) is 11.3 Å². The summed E-state index contributed by atoms with van der Waals surface area (Å²) in [7, 11) is 0. The van der Waals surface area contributed by atoms with Crippen molar-refractivity contribution in [3.05, 3.63) is 29.8 Å². The van der Waals surface area contributed by atoms with E-state index < -0.39 is 36.2 Å². The summed E-state index contributed by atoms with van der Waals surface area (Å²) < 4.78 is 0. The van der Waals surface area contributed by atoms with Crippen LogP contribution in [0, 0.1) is 0 Å². The molecule has 0 spiro atoms. The fourth-order valence-electron chi connectivity index (χ4n) is 2.48. The summed E-state index contributed by atoms with van der Waals surface area (Å²) in [6.07, 6.45) is -1.76. The van der Waals surface area contributed by atoms with Gasteiger partial charge in [0.2, 0.25) is 0 Å². The van der Waals surface area contributed by atoms with Crippen LogP contribution in [0.5, 0.6) is 0 Å². The van der Waals surface area contributed by atoms with E-state index in [1.807, 2.05) is 0 Å². The van der Waals surface area contributed by atoms with Crippen LogP contribution in [-0.2, 0) is 4.79 Å². The van der Waals surface area contributed by atoms with Crippen molar-refractivity contribution in [2.75, 3.05) is 11.9 Å². The van der Waals surface area contributed by atoms with Gasteiger partial charge in [-0.25, -0.2) is 0 Å². The zero-order valence-corrected chi connectivity index (χ0v) is 11.5. The number of ketones is 2. The Kier molecular flexibility index (Phi) is 4.11. The molecule has 0 bridgehead atoms. The molecule has 6 N–H and O–H groups in total. The maximum absolute atomic E-state index is 11.7. The average molecular weight is 294 g/mol. The molecular weight excluding hydrogens is 276 g/mol. The molecular formula is C14H18N2O5. The highest BCUT2D eigenvalue weighted by Gasteiger charge is 2.58. The third kappa shape index (κ3) is 2.56. The lowest BCUT2D eigenvalue weighted by atomic mass is 9.95. The number of Topliss-reactive ketones (excluding diaryl/α,β-unsaturated/α-hetero) is 2. The third-order valence-corrected chi connectivity index (χ3v) is 3.81. The molecule has 1 saturated carbocycles. The number of aliphatic hydroxyl groups excluding tert-OH is 2. The molecule has 21 heavy (non-hydrogen) atoms. The molecule has 0 aliphatic heterocycles. The number of rotatable bonds is 4. The normalized spacial score (nSPS) is 32.2. The van der Waals surface area contributed by atoms with Gasteiger partial charge in [0.05, 0.1) is 18.7 Å². The molecule has 0 saturated heterocycles. The second-order valence-corrected chi connectivity index (χ2v) is 5.24. The number of nitrogens with two attached hydrogens (primary N) is 1. The molecule has 0 aromatic heterocycles. The Morgan fingerprint density at radius 3 is 2.71 bits per heavy atom. The molecule has 0 radical (unpaired) electrons. The van der Waals surface area contributed by atoms with Crippen molar-refractivity contribution in [3.8, 4) is 0 Å². The van der Waals surface area contributed by atoms with E-state index >= 15 is 0 Å². The Morgan fingerprint density at radius 2 is 2.14 bits per heavy atom. The van der Waals surface area contributed by atoms with Gasteiger partial charge in [-0.1, -0.05) is 12.1 Å². The van der Waals surface area contributed by atoms with Gasteiger partial charge in [-0.15, -0.1) is 0 Å². The van der Waals surface area contributed by atoms with Gasteiger partial charge in [-0.3, -0.25) is 9.59 Å². The van der Waals surface area contributed by atoms with Crippen LogP contribution < -0.4 is 11.1 Å². The van der Waals surface area contributed by atoms with Gasteiger partial charge in [-0.05, 0) is 19.1 Å². The lowest BCUT2D eigenvalue weighted by Crippen LogP contribution is -2.56. The van der Waals surface area contributed by atoms with Crippen molar-refractivity contribution in [3.63, 3.8) is 0 Å². The zero-order valence-electron chi connectivity index (χ0n) is 11.5. The topological polar surface area (TPSA) is 133 Å². The predicted octanol–water partition coefficient (Wildman–Crippen LogP) is -1.34. The van der Waals surface area contributed by atoms with E-state index in [-0.39, 0.29) is 5.78 Å². The monoisotopic (exact) mass is 294 g/mol. The first-order chi connectivity index (χ1) is 9.81. The summed E-state index contributed by atoms with van der Waals surface area (Å²) in [5.74, 6) is -0.880. The Hall–Kier alpha value is -1.80. The highest BCUT2D eigenvalue weighted by atomic mass is 16.4. The maximum atomic E-state index is 11.7. The minimum atomic E-state index is -2.07. The summed E-state index contributed by atoms with van der Waals surface area (Å²) >= 11 is 0. The number of hydrogen-bond donors (Lipinski definition) is 5. The van der Waals surface area contributed by atoms with Crippen molar-refractivity contribution in [1.29, 1.82) is 0 Å². The average Bonchev–Trinajstić information content (AvgIpc) is 2.63. The van der Waals surface area contributed by atoms with Crippen LogP contribution in [0.1, 0.15) is 17.3 Å². The first-order valence-corrected chi connectivity index (χ1v) is 6.49. The Balaban J connectivity index is 2.31. The van der Waals surface area contributed by atoms with Gasteiger partial charge in [0.25, 0.3) is 0 Å². The highest BCUT2D eigenvalue weighted by molar-refractivity contribution is 5.95. The Bertz CT molecular complexity index is 576. The molecule has 2 rings (SSSR count). The smallest absolute Gasteiger partial charge is 0.183 e. The van der Waals surface area contributed by atoms with Crippen LogP contribution in [0.25, 0.3) is 0 Å². The molecule has 0 heterocycles. The molecule has 1 aliphatic carbocycles. The van der Waals surface area contributed by atoms with Crippen LogP contribution in [0.15, 0.2) is 24.3 Å². The standard InChI is InChI=1S/C14H18N2O5/c1-7(18)8-3-2-4-9(5-8)16-12-10(15)11(19)13(20)14(12,21)6-17/h2-5,10,12-13,16-17,20-21H,6,15H2,1H3/t10-,12+,13-,14-/m1/s1. The molecule has 1 aromatic rings. The van der Waals surface area contributed by atoms with Gasteiger partial charge in [-0.2, -0.15) is 0 Å². The van der Waals surface area contributed by atoms with E-state index in [0.717, 1.165) is 0 Å². The maximum Gasteiger partial charge on any atom is 0.183 e. The lowest BCUT2D eigenvalue weighted by molar-refractivity contribution is -0.137. The molecule has 7 nitrogen and oxygen atoms in total. The summed E-state index contributed by atoms with van der Waals surface area (Å²) in [5.41, 5.74) is 4.54. The number of aliphatic hydroxyl groups is 3. The first-order valence-electron chi connectivity index (χ1n) is 6.49. The van der Waals surface area contributed by atoms with Crippen LogP contribution >= 0.6 is 0 Å². The number of anilines is 1. The lowest BCUT2D eigenvalue weighted by Gasteiger charge is -2.32. The molecule has 4 atom stereocenters. The quantitative estimate of drug-likeness (QED) is 0.434. The molecule has 0 amide bonds. The second-order valence-electron chi connectivity index (χ2n) is 5.24. The number of nitrogens with one attached hydrogen (secondary N) is 1. The molecule has 114 valence electrons. The number of carbonyl (C=O) groups excluding carboxylic acids is 2. The molecule has 1 aromatic carbocycles. The number of carbonyl (C=O) groups is 2. The van der Waals surface area contributed by atoms with Gasteiger partial charge in [0.1, 0.15) is 11.7 Å². The van der Waals surface area contributed by atoms with Gasteiger partial charge in [0.15, 0.2) is 11.6 Å². The van der Waals surface area contributed by atoms with Crippen molar-refractivity contribution in [2.24, 2.45) is 5.73 Å². The van der Waals surface area contributed by atoms with Crippen molar-refractivity contribution in [2.45, 2.75) is 30.7 Å². The van der Waals surface area contributed by atoms with E-state index in [2.05, 4.69) is 5.32 Å². The fraction of sp³-hybridized carbons (Fsp3) is 0.429. The van der Waals surface area contributed by atoms with Gasteiger partial charge >= 0.3 is 0 Å². The number of benzene rings is 1. The third-order valence-electron chi connectivity index (χ3n) is 3.81. The minimum absolute atomic E-state index is 0.136. The van der Waals surface area contributed by atoms with Gasteiger partial charge < -0.3 is 26.4 Å². The van der Waals surface area contributed by atoms with Crippen LogP contribution in [0.3, 0.4) is 0 Å². The summed E-state index contributed by atoms with van der Waals surface area (Å²) in [6.45, 7) is 0.593. The van der Waals surface area contributed by atoms with Crippen LogP contribution in [-0.4, -0.2) is 57.3 Å². The SMILES string of the molecule is CC(=O)c1cccc(N[C@H]2[C@H](N)C(=O)[C@@H](O)[C@@]2(O)CO)c1. The summed E-state index contributed by atoms with van der Waals surface area (Å²) in [4.78, 5) is 23.1. The second kappa shape index (κ2) is 5.53. The van der Waals surface area contributed by atoms with Crippen LogP contribution in [0.2, 0.25) is 0 Å². The molecule has 0 unspecified atom stereocenters. The summed E-state index contributed by atoms with van der Waals surface area (Å²) in [5, 5.41) is 32.2. The van der Waals surface area contributed by atoms with E-state index in [1.54, 1.807) is 24.3 Å². The molecule has 1 aliphatic rings. The van der Waals surface area contributed by atoms with Crippen LogP contribution in [0.4, 0.5) is 5.69 Å². The Morgan fingerprint density at radius 1 is 1.48 bits per heavy atom. The largest absolute Gasteiger partial charge is 0.393 e. The zero-order chi connectivity index (χ0) is 15.8. The van der Waals surface area contributed by atoms with Crippen molar-refractivity contribution < 1.29 is 24.9 Å². The molecule has 7 heteroatoms. The first kappa shape index (κ1) is 15.6. The fourth-order valence-corrected chi connectivity index (χ4v) is 2.48. The Labute approximate surface area is 121 Å². The van der Waals surface area contributed by atoms with E-state index in [9.17, 15) is 24.9 Å².